The van der Waals surface area contributed by atoms with Gasteiger partial charge in [0.25, 0.3) is 0 Å². The number of nitrogens with zero attached hydrogens (tertiary/aromatic N) is 1. The minimum atomic E-state index is -0.125. The monoisotopic (exact) mass is 557 g/mol. The van der Waals surface area contributed by atoms with Gasteiger partial charge in [0.05, 0.1) is 11.4 Å². The quantitative estimate of drug-likeness (QED) is 0.186. The molecule has 0 unspecified atom stereocenters. The third-order valence-electron chi connectivity index (χ3n) is 9.07. The summed E-state index contributed by atoms with van der Waals surface area (Å²) in [7, 11) is 0. The van der Waals surface area contributed by atoms with Crippen LogP contribution in [0.3, 0.4) is 0 Å². The molecule has 2 nitrogen and oxygen atoms in total. The van der Waals surface area contributed by atoms with E-state index in [4.69, 9.17) is 4.74 Å². The fourth-order valence-electron chi connectivity index (χ4n) is 7.00. The molecule has 200 valence electrons. The predicted octanol–water partition coefficient (Wildman–Crippen LogP) is 11.5. The zero-order valence-electron chi connectivity index (χ0n) is 23.4. The second-order valence-corrected chi connectivity index (χ2v) is 12.8. The Balaban J connectivity index is 1.31. The number of benzene rings is 7. The van der Waals surface area contributed by atoms with Gasteiger partial charge < -0.3 is 9.64 Å². The van der Waals surface area contributed by atoms with Crippen LogP contribution < -0.4 is 9.64 Å². The van der Waals surface area contributed by atoms with Gasteiger partial charge in [-0.05, 0) is 85.9 Å². The second-order valence-electron chi connectivity index (χ2n) is 11.8. The molecule has 3 heteroatoms. The molecule has 9 rings (SSSR count). The number of ether oxygens (including phenoxy) is 1. The smallest absolute Gasteiger partial charge is 0.151 e. The SMILES string of the molecule is CC1(C)c2ccccc2Sc2cc3c(cc21)Oc1ccccc1N3c1ccc2c3ccccc3c3ccccc3c2c1. The van der Waals surface area contributed by atoms with Crippen molar-refractivity contribution in [1.82, 2.24) is 0 Å². The molecule has 7 aromatic carbocycles. The number of para-hydroxylation sites is 2. The van der Waals surface area contributed by atoms with Crippen LogP contribution in [-0.4, -0.2) is 0 Å². The third-order valence-corrected chi connectivity index (χ3v) is 10.2. The van der Waals surface area contributed by atoms with E-state index in [2.05, 4.69) is 146 Å². The van der Waals surface area contributed by atoms with Crippen LogP contribution in [0.2, 0.25) is 0 Å². The van der Waals surface area contributed by atoms with Gasteiger partial charge in [0.2, 0.25) is 0 Å². The number of fused-ring (bicyclic) bond motifs is 10. The van der Waals surface area contributed by atoms with Gasteiger partial charge in [0.1, 0.15) is 0 Å². The van der Waals surface area contributed by atoms with Crippen molar-refractivity contribution < 1.29 is 4.74 Å². The van der Waals surface area contributed by atoms with E-state index in [-0.39, 0.29) is 5.41 Å². The highest BCUT2D eigenvalue weighted by molar-refractivity contribution is 7.99. The summed E-state index contributed by atoms with van der Waals surface area (Å²) in [5.74, 6) is 1.76. The Morgan fingerprint density at radius 1 is 0.500 bits per heavy atom. The van der Waals surface area contributed by atoms with E-state index in [1.807, 2.05) is 11.8 Å². The Hall–Kier alpha value is -4.73. The van der Waals surface area contributed by atoms with E-state index in [1.165, 1.54) is 53.2 Å². The molecule has 0 aliphatic carbocycles. The van der Waals surface area contributed by atoms with Crippen molar-refractivity contribution in [3.63, 3.8) is 0 Å². The number of hydrogen-bond donors (Lipinski definition) is 0. The molecular formula is C39H27NOS. The predicted molar refractivity (Wildman–Crippen MR) is 176 cm³/mol. The molecule has 0 saturated heterocycles. The highest BCUT2D eigenvalue weighted by Crippen LogP contribution is 2.57. The molecule has 7 aromatic rings. The van der Waals surface area contributed by atoms with E-state index in [9.17, 15) is 0 Å². The van der Waals surface area contributed by atoms with E-state index in [0.29, 0.717) is 0 Å². The molecule has 0 amide bonds. The van der Waals surface area contributed by atoms with Crippen LogP contribution in [0.1, 0.15) is 25.0 Å². The number of hydrogen-bond acceptors (Lipinski definition) is 3. The summed E-state index contributed by atoms with van der Waals surface area (Å²) in [6, 6.07) is 46.2. The van der Waals surface area contributed by atoms with Crippen LogP contribution in [0.25, 0.3) is 32.3 Å². The van der Waals surface area contributed by atoms with Gasteiger partial charge in [0, 0.05) is 20.9 Å². The summed E-state index contributed by atoms with van der Waals surface area (Å²) in [6.45, 7) is 4.65. The summed E-state index contributed by atoms with van der Waals surface area (Å²) < 4.78 is 6.64. The van der Waals surface area contributed by atoms with Crippen molar-refractivity contribution in [2.75, 3.05) is 4.90 Å². The van der Waals surface area contributed by atoms with Crippen molar-refractivity contribution in [3.8, 4) is 11.5 Å². The lowest BCUT2D eigenvalue weighted by Crippen LogP contribution is -2.25. The molecule has 2 aliphatic rings. The first-order valence-electron chi connectivity index (χ1n) is 14.4. The van der Waals surface area contributed by atoms with E-state index >= 15 is 0 Å². The van der Waals surface area contributed by atoms with Crippen LogP contribution in [0.4, 0.5) is 17.1 Å². The molecule has 2 aliphatic heterocycles. The van der Waals surface area contributed by atoms with Gasteiger partial charge in [-0.1, -0.05) is 111 Å². The number of rotatable bonds is 1. The minimum Gasteiger partial charge on any atom is -0.453 e. The molecule has 0 radical (unpaired) electrons. The molecule has 42 heavy (non-hydrogen) atoms. The molecular weight excluding hydrogens is 531 g/mol. The van der Waals surface area contributed by atoms with E-state index in [0.717, 1.165) is 28.6 Å². The summed E-state index contributed by atoms with van der Waals surface area (Å²) >= 11 is 1.86. The molecule has 2 heterocycles. The lowest BCUT2D eigenvalue weighted by atomic mass is 9.77. The molecule has 0 fully saturated rings. The Kier molecular flexibility index (Phi) is 4.92. The molecule has 0 saturated carbocycles. The van der Waals surface area contributed by atoms with Crippen molar-refractivity contribution in [1.29, 1.82) is 0 Å². The van der Waals surface area contributed by atoms with Crippen LogP contribution in [0.15, 0.2) is 137 Å². The zero-order valence-corrected chi connectivity index (χ0v) is 24.2. The fraction of sp³-hybridized carbons (Fsp3) is 0.0769. The topological polar surface area (TPSA) is 12.5 Å². The van der Waals surface area contributed by atoms with Gasteiger partial charge >= 0.3 is 0 Å². The van der Waals surface area contributed by atoms with Crippen molar-refractivity contribution >= 4 is 61.1 Å². The first kappa shape index (κ1) is 23.9. The molecule has 0 N–H and O–H groups in total. The molecule has 0 atom stereocenters. The summed E-state index contributed by atoms with van der Waals surface area (Å²) in [6.07, 6.45) is 0. The van der Waals surface area contributed by atoms with Crippen LogP contribution in [0.5, 0.6) is 11.5 Å². The van der Waals surface area contributed by atoms with E-state index < -0.39 is 0 Å². The van der Waals surface area contributed by atoms with Crippen LogP contribution >= 0.6 is 11.8 Å². The van der Waals surface area contributed by atoms with Crippen molar-refractivity contribution in [2.45, 2.75) is 29.1 Å². The van der Waals surface area contributed by atoms with E-state index in [1.54, 1.807) is 0 Å². The average Bonchev–Trinajstić information content (AvgIpc) is 3.03. The maximum absolute atomic E-state index is 6.64. The molecule has 0 bridgehead atoms. The zero-order chi connectivity index (χ0) is 28.0. The largest absolute Gasteiger partial charge is 0.453 e. The van der Waals surface area contributed by atoms with Crippen molar-refractivity contribution in [3.05, 3.63) is 139 Å². The van der Waals surface area contributed by atoms with Gasteiger partial charge in [-0.2, -0.15) is 0 Å². The highest BCUT2D eigenvalue weighted by Gasteiger charge is 2.36. The first-order chi connectivity index (χ1) is 20.6. The summed E-state index contributed by atoms with van der Waals surface area (Å²) in [4.78, 5) is 4.98. The highest BCUT2D eigenvalue weighted by atomic mass is 32.2. The van der Waals surface area contributed by atoms with Crippen LogP contribution in [-0.2, 0) is 5.41 Å². The molecule has 0 aromatic heterocycles. The first-order valence-corrected chi connectivity index (χ1v) is 15.3. The fourth-order valence-corrected chi connectivity index (χ4v) is 8.41. The maximum Gasteiger partial charge on any atom is 0.151 e. The Bertz CT molecular complexity index is 2210. The summed E-state index contributed by atoms with van der Waals surface area (Å²) in [5, 5.41) is 7.67. The van der Waals surface area contributed by atoms with Crippen molar-refractivity contribution in [2.24, 2.45) is 0 Å². The number of anilines is 3. The lowest BCUT2D eigenvalue weighted by Gasteiger charge is -2.38. The van der Waals surface area contributed by atoms with Gasteiger partial charge in [-0.25, -0.2) is 0 Å². The van der Waals surface area contributed by atoms with Gasteiger partial charge in [-0.3, -0.25) is 0 Å². The van der Waals surface area contributed by atoms with Crippen LogP contribution in [0, 0.1) is 0 Å². The van der Waals surface area contributed by atoms with Gasteiger partial charge in [0.15, 0.2) is 11.5 Å². The Morgan fingerprint density at radius 2 is 1.12 bits per heavy atom. The average molecular weight is 558 g/mol. The second kappa shape index (κ2) is 8.64. The maximum atomic E-state index is 6.64. The normalized spacial score (nSPS) is 14.7. The Morgan fingerprint density at radius 3 is 1.88 bits per heavy atom. The summed E-state index contributed by atoms with van der Waals surface area (Å²) in [5.41, 5.74) is 5.79. The Labute approximate surface area is 249 Å². The standard InChI is InChI=1S/C39H27NOS/c1-39(2)31-15-7-10-18-37(31)42-38-23-34-36(22-32(38)39)41-35-17-9-8-16-33(35)40(34)24-19-20-29-27-13-4-3-11-25(27)26-12-5-6-14-28(26)30(29)21-24/h3-23H,1-2H3. The molecule has 0 spiro atoms. The lowest BCUT2D eigenvalue weighted by molar-refractivity contribution is 0.472. The minimum absolute atomic E-state index is 0.125. The third kappa shape index (κ3) is 3.29. The van der Waals surface area contributed by atoms with Gasteiger partial charge in [-0.15, -0.1) is 0 Å².